The number of unbranched alkanes of at least 4 members (excludes halogenated alkanes) is 1. The summed E-state index contributed by atoms with van der Waals surface area (Å²) in [5, 5.41) is 23.2. The third-order valence-corrected chi connectivity index (χ3v) is 7.80. The van der Waals surface area contributed by atoms with E-state index in [1.807, 2.05) is 0 Å². The van der Waals surface area contributed by atoms with Gasteiger partial charge in [0.25, 0.3) is 5.91 Å². The van der Waals surface area contributed by atoms with Crippen molar-refractivity contribution in [2.75, 3.05) is 33.4 Å². The summed E-state index contributed by atoms with van der Waals surface area (Å²) in [4.78, 5) is 14.8. The van der Waals surface area contributed by atoms with Gasteiger partial charge >= 0.3 is 0 Å². The number of methoxy groups -OCH3 is 1. The van der Waals surface area contributed by atoms with Gasteiger partial charge < -0.3 is 24.6 Å². The Morgan fingerprint density at radius 3 is 2.65 bits per heavy atom. The van der Waals surface area contributed by atoms with E-state index in [2.05, 4.69) is 0 Å². The predicted molar refractivity (Wildman–Crippen MR) is 136 cm³/mol. The fourth-order valence-electron chi connectivity index (χ4n) is 5.68. The molecule has 0 spiro atoms. The molecule has 4 rings (SSSR count). The maximum Gasteiger partial charge on any atom is 0.254 e. The summed E-state index contributed by atoms with van der Waals surface area (Å²) in [7, 11) is 1.61. The first-order valence-electron chi connectivity index (χ1n) is 13.1. The number of amides is 1. The molecular formula is C29H37F2NO5. The average Bonchev–Trinajstić information content (AvgIpc) is 3.35. The van der Waals surface area contributed by atoms with E-state index in [1.165, 1.54) is 24.3 Å². The van der Waals surface area contributed by atoms with Gasteiger partial charge in [0.05, 0.1) is 13.2 Å². The Morgan fingerprint density at radius 2 is 1.95 bits per heavy atom. The lowest BCUT2D eigenvalue weighted by atomic mass is 9.78. The Hall–Kier alpha value is -2.39. The second kappa shape index (κ2) is 11.6. The molecule has 0 aromatic heterocycles. The molecule has 2 aromatic rings. The first kappa shape index (κ1) is 27.6. The lowest BCUT2D eigenvalue weighted by Crippen LogP contribution is -2.58. The van der Waals surface area contributed by atoms with Crippen LogP contribution in [0.25, 0.3) is 11.1 Å². The monoisotopic (exact) mass is 517 g/mol. The molecule has 1 aliphatic carbocycles. The van der Waals surface area contributed by atoms with Crippen LogP contribution < -0.4 is 0 Å². The summed E-state index contributed by atoms with van der Waals surface area (Å²) in [6, 6.07) is 8.88. The van der Waals surface area contributed by atoms with Gasteiger partial charge in [-0.15, -0.1) is 0 Å². The number of halogens is 2. The zero-order valence-electron chi connectivity index (χ0n) is 21.6. The largest absolute Gasteiger partial charge is 0.385 e. The van der Waals surface area contributed by atoms with Gasteiger partial charge in [-0.1, -0.05) is 18.2 Å². The van der Waals surface area contributed by atoms with Crippen molar-refractivity contribution in [2.45, 2.75) is 69.2 Å². The third-order valence-electron chi connectivity index (χ3n) is 7.80. The van der Waals surface area contributed by atoms with Crippen LogP contribution in [-0.4, -0.2) is 66.1 Å². The Morgan fingerprint density at radius 1 is 1.19 bits per heavy atom. The van der Waals surface area contributed by atoms with Crippen molar-refractivity contribution in [3.05, 3.63) is 59.2 Å². The Balaban J connectivity index is 1.73. The molecule has 1 saturated heterocycles. The van der Waals surface area contributed by atoms with Crippen LogP contribution in [0.4, 0.5) is 8.78 Å². The zero-order valence-corrected chi connectivity index (χ0v) is 21.6. The minimum Gasteiger partial charge on any atom is -0.385 e. The minimum absolute atomic E-state index is 0.0698. The number of carbonyl (C=O) groups excluding carboxylic acids is 1. The van der Waals surface area contributed by atoms with Gasteiger partial charge in [0.15, 0.2) is 0 Å². The summed E-state index contributed by atoms with van der Waals surface area (Å²) in [5.41, 5.74) is -1.70. The molecule has 1 aliphatic heterocycles. The molecule has 1 amide bonds. The van der Waals surface area contributed by atoms with Crippen molar-refractivity contribution in [1.29, 1.82) is 0 Å². The first-order chi connectivity index (χ1) is 17.7. The van der Waals surface area contributed by atoms with Crippen molar-refractivity contribution in [3.8, 4) is 11.1 Å². The van der Waals surface area contributed by atoms with Crippen LogP contribution >= 0.6 is 0 Å². The number of ether oxygens (including phenoxy) is 2. The molecule has 0 bridgehead atoms. The summed E-state index contributed by atoms with van der Waals surface area (Å²) in [6.45, 7) is 2.68. The lowest BCUT2D eigenvalue weighted by molar-refractivity contribution is -0.176. The zero-order chi connectivity index (χ0) is 26.6. The molecule has 1 heterocycles. The van der Waals surface area contributed by atoms with Crippen molar-refractivity contribution in [3.63, 3.8) is 0 Å². The second-order valence-electron chi connectivity index (χ2n) is 10.3. The molecule has 2 N–H and O–H groups in total. The van der Waals surface area contributed by atoms with Gasteiger partial charge in [-0.2, -0.15) is 0 Å². The molecule has 2 aliphatic rings. The van der Waals surface area contributed by atoms with Gasteiger partial charge in [0.2, 0.25) is 0 Å². The standard InChI is InChI=1S/C29H37F2NO5/c1-20-18-21(10-11-23(20)30)26-22(8-7-9-24(26)31)29(35,14-5-6-16-36-2)25-19-32(15-17-37-25)27(33)28(34)12-3-4-13-28/h7-11,18,25,34-35H,3-6,12-17,19H2,1-2H3/t25?,29-/m1/s1. The number of benzene rings is 2. The van der Waals surface area contributed by atoms with Crippen molar-refractivity contribution >= 4 is 5.91 Å². The molecule has 2 fully saturated rings. The van der Waals surface area contributed by atoms with E-state index in [9.17, 15) is 19.4 Å². The van der Waals surface area contributed by atoms with Crippen LogP contribution in [0.5, 0.6) is 0 Å². The summed E-state index contributed by atoms with van der Waals surface area (Å²) < 4.78 is 40.7. The van der Waals surface area contributed by atoms with Gasteiger partial charge in [0.1, 0.15) is 28.9 Å². The minimum atomic E-state index is -1.65. The Labute approximate surface area is 217 Å². The highest BCUT2D eigenvalue weighted by Gasteiger charge is 2.47. The number of carbonyl (C=O) groups is 1. The fourth-order valence-corrected chi connectivity index (χ4v) is 5.68. The molecule has 8 heteroatoms. The number of aryl methyl sites for hydroxylation is 1. The maximum atomic E-state index is 15.4. The van der Waals surface area contributed by atoms with E-state index < -0.39 is 28.9 Å². The Kier molecular flexibility index (Phi) is 8.63. The topological polar surface area (TPSA) is 79.2 Å². The number of hydrogen-bond donors (Lipinski definition) is 2. The second-order valence-corrected chi connectivity index (χ2v) is 10.3. The first-order valence-corrected chi connectivity index (χ1v) is 13.1. The number of morpholine rings is 1. The lowest BCUT2D eigenvalue weighted by Gasteiger charge is -2.44. The van der Waals surface area contributed by atoms with E-state index in [1.54, 1.807) is 31.1 Å². The van der Waals surface area contributed by atoms with Gasteiger partial charge in [0, 0.05) is 25.8 Å². The normalized spacial score (nSPS) is 21.1. The van der Waals surface area contributed by atoms with E-state index in [4.69, 9.17) is 9.47 Å². The molecule has 2 aromatic carbocycles. The molecular weight excluding hydrogens is 480 g/mol. The summed E-state index contributed by atoms with van der Waals surface area (Å²) in [6.07, 6.45) is 3.07. The van der Waals surface area contributed by atoms with Crippen LogP contribution in [-0.2, 0) is 19.9 Å². The molecule has 202 valence electrons. The maximum absolute atomic E-state index is 15.4. The number of rotatable bonds is 9. The van der Waals surface area contributed by atoms with Gasteiger partial charge in [-0.05, 0) is 86.8 Å². The van der Waals surface area contributed by atoms with Crippen LogP contribution in [0.1, 0.15) is 56.1 Å². The SMILES string of the molecule is COCCCC[C@@](O)(c1cccc(F)c1-c1ccc(F)c(C)c1)C1CN(C(=O)C2(O)CCCC2)CCO1. The van der Waals surface area contributed by atoms with E-state index in [-0.39, 0.29) is 31.0 Å². The van der Waals surface area contributed by atoms with Crippen LogP contribution in [0, 0.1) is 18.6 Å². The van der Waals surface area contributed by atoms with Crippen molar-refractivity contribution in [1.82, 2.24) is 4.90 Å². The van der Waals surface area contributed by atoms with E-state index >= 15 is 4.39 Å². The molecule has 0 radical (unpaired) electrons. The van der Waals surface area contributed by atoms with E-state index in [0.717, 1.165) is 12.8 Å². The smallest absolute Gasteiger partial charge is 0.254 e. The van der Waals surface area contributed by atoms with Crippen molar-refractivity contribution < 1.29 is 33.3 Å². The Bertz CT molecular complexity index is 1100. The van der Waals surface area contributed by atoms with Crippen LogP contribution in [0.15, 0.2) is 36.4 Å². The average molecular weight is 518 g/mol. The van der Waals surface area contributed by atoms with E-state index in [0.29, 0.717) is 55.5 Å². The third kappa shape index (κ3) is 5.72. The molecule has 37 heavy (non-hydrogen) atoms. The quantitative estimate of drug-likeness (QED) is 0.480. The van der Waals surface area contributed by atoms with Crippen LogP contribution in [0.3, 0.4) is 0 Å². The highest BCUT2D eigenvalue weighted by Crippen LogP contribution is 2.42. The number of nitrogens with zero attached hydrogens (tertiary/aromatic N) is 1. The highest BCUT2D eigenvalue weighted by atomic mass is 19.1. The van der Waals surface area contributed by atoms with Crippen molar-refractivity contribution in [2.24, 2.45) is 0 Å². The predicted octanol–water partition coefficient (Wildman–Crippen LogP) is 4.48. The summed E-state index contributed by atoms with van der Waals surface area (Å²) in [5.74, 6) is -1.28. The fraction of sp³-hybridized carbons (Fsp3) is 0.552. The molecule has 1 unspecified atom stereocenters. The molecule has 6 nitrogen and oxygen atoms in total. The number of aliphatic hydroxyl groups is 2. The highest BCUT2D eigenvalue weighted by molar-refractivity contribution is 5.85. The number of hydrogen-bond acceptors (Lipinski definition) is 5. The molecule has 2 atom stereocenters. The van der Waals surface area contributed by atoms with Gasteiger partial charge in [-0.3, -0.25) is 4.79 Å². The van der Waals surface area contributed by atoms with Crippen LogP contribution in [0.2, 0.25) is 0 Å². The summed E-state index contributed by atoms with van der Waals surface area (Å²) >= 11 is 0. The molecule has 1 saturated carbocycles. The van der Waals surface area contributed by atoms with Gasteiger partial charge in [-0.25, -0.2) is 8.78 Å².